The zero-order valence-corrected chi connectivity index (χ0v) is 11.2. The summed E-state index contributed by atoms with van der Waals surface area (Å²) in [5.41, 5.74) is 0.439. The van der Waals surface area contributed by atoms with Gasteiger partial charge in [-0.25, -0.2) is 0 Å². The topological polar surface area (TPSA) is 90.9 Å². The summed E-state index contributed by atoms with van der Waals surface area (Å²) in [5, 5.41) is 25.8. The van der Waals surface area contributed by atoms with Gasteiger partial charge in [-0.1, -0.05) is 12.8 Å². The van der Waals surface area contributed by atoms with Crippen molar-refractivity contribution in [3.8, 4) is 6.07 Å². The lowest BCUT2D eigenvalue weighted by Gasteiger charge is -2.24. The van der Waals surface area contributed by atoms with Gasteiger partial charge < -0.3 is 10.4 Å². The summed E-state index contributed by atoms with van der Waals surface area (Å²) in [6.07, 6.45) is 3.27. The van der Waals surface area contributed by atoms with Crippen molar-refractivity contribution in [1.82, 2.24) is 9.78 Å². The molecule has 0 saturated heterocycles. The molecule has 0 aromatic carbocycles. The lowest BCUT2D eigenvalue weighted by molar-refractivity contribution is -0.147. The van der Waals surface area contributed by atoms with E-state index in [0.717, 1.165) is 12.8 Å². The third-order valence-corrected chi connectivity index (χ3v) is 3.94. The summed E-state index contributed by atoms with van der Waals surface area (Å²) in [6, 6.07) is 2.11. The normalized spacial score (nSPS) is 17.1. The first-order valence-electron chi connectivity index (χ1n) is 6.41. The number of carboxylic acid groups (broad SMARTS) is 1. The van der Waals surface area contributed by atoms with Gasteiger partial charge >= 0.3 is 5.97 Å². The van der Waals surface area contributed by atoms with Crippen LogP contribution >= 0.6 is 0 Å². The van der Waals surface area contributed by atoms with Crippen LogP contribution in [0.4, 0.5) is 5.82 Å². The molecule has 0 bridgehead atoms. The van der Waals surface area contributed by atoms with Crippen LogP contribution in [0.2, 0.25) is 0 Å². The highest BCUT2D eigenvalue weighted by atomic mass is 16.4. The molecule has 0 aliphatic heterocycles. The number of aliphatic carboxylic acids is 1. The molecule has 1 heterocycles. The number of nitrogens with zero attached hydrogens (tertiary/aromatic N) is 3. The van der Waals surface area contributed by atoms with Crippen molar-refractivity contribution in [3.05, 3.63) is 11.3 Å². The average Bonchev–Trinajstić information content (AvgIpc) is 2.92. The Morgan fingerprint density at radius 1 is 1.58 bits per heavy atom. The largest absolute Gasteiger partial charge is 0.481 e. The van der Waals surface area contributed by atoms with Crippen LogP contribution < -0.4 is 5.32 Å². The second-order valence-electron chi connectivity index (χ2n) is 5.19. The Hall–Kier alpha value is -2.03. The second kappa shape index (κ2) is 4.92. The van der Waals surface area contributed by atoms with Gasteiger partial charge in [-0.15, -0.1) is 0 Å². The van der Waals surface area contributed by atoms with E-state index in [9.17, 15) is 9.90 Å². The van der Waals surface area contributed by atoms with Gasteiger partial charge in [0.15, 0.2) is 0 Å². The van der Waals surface area contributed by atoms with Gasteiger partial charge in [0, 0.05) is 13.6 Å². The molecule has 0 spiro atoms. The lowest BCUT2D eigenvalue weighted by Crippen LogP contribution is -2.35. The highest BCUT2D eigenvalue weighted by molar-refractivity contribution is 5.76. The smallest absolute Gasteiger partial charge is 0.311 e. The van der Waals surface area contributed by atoms with Gasteiger partial charge in [0.25, 0.3) is 0 Å². The summed E-state index contributed by atoms with van der Waals surface area (Å²) in [4.78, 5) is 11.5. The second-order valence-corrected chi connectivity index (χ2v) is 5.19. The maximum atomic E-state index is 11.5. The molecule has 2 N–H and O–H groups in total. The first-order valence-corrected chi connectivity index (χ1v) is 6.41. The molecule has 2 rings (SSSR count). The minimum atomic E-state index is -0.755. The van der Waals surface area contributed by atoms with Gasteiger partial charge in [-0.05, 0) is 19.8 Å². The van der Waals surface area contributed by atoms with Crippen molar-refractivity contribution in [2.75, 3.05) is 11.9 Å². The SMILES string of the molecule is Cc1nn(C)c(NCC2(C(=O)O)CCCC2)c1C#N. The Morgan fingerprint density at radius 3 is 2.74 bits per heavy atom. The number of hydrogen-bond donors (Lipinski definition) is 2. The van der Waals surface area contributed by atoms with Gasteiger partial charge in [0.1, 0.15) is 17.5 Å². The molecule has 19 heavy (non-hydrogen) atoms. The van der Waals surface area contributed by atoms with E-state index in [1.807, 2.05) is 0 Å². The monoisotopic (exact) mass is 262 g/mol. The number of nitriles is 1. The third-order valence-electron chi connectivity index (χ3n) is 3.94. The number of rotatable bonds is 4. The Labute approximate surface area is 112 Å². The van der Waals surface area contributed by atoms with E-state index in [0.29, 0.717) is 36.5 Å². The van der Waals surface area contributed by atoms with Crippen LogP contribution in [0.15, 0.2) is 0 Å². The molecule has 1 aliphatic carbocycles. The van der Waals surface area contributed by atoms with Gasteiger partial charge in [0.05, 0.1) is 11.1 Å². The molecule has 6 nitrogen and oxygen atoms in total. The van der Waals surface area contributed by atoms with E-state index in [2.05, 4.69) is 16.5 Å². The van der Waals surface area contributed by atoms with Crippen LogP contribution in [-0.4, -0.2) is 27.4 Å². The van der Waals surface area contributed by atoms with E-state index in [1.54, 1.807) is 18.7 Å². The van der Waals surface area contributed by atoms with Crippen LogP contribution in [0.5, 0.6) is 0 Å². The van der Waals surface area contributed by atoms with Gasteiger partial charge in [0.2, 0.25) is 0 Å². The van der Waals surface area contributed by atoms with Crippen molar-refractivity contribution < 1.29 is 9.90 Å². The molecule has 1 aromatic heterocycles. The maximum absolute atomic E-state index is 11.5. The number of carbonyl (C=O) groups is 1. The molecule has 0 amide bonds. The minimum Gasteiger partial charge on any atom is -0.481 e. The van der Waals surface area contributed by atoms with E-state index in [4.69, 9.17) is 5.26 Å². The highest BCUT2D eigenvalue weighted by Gasteiger charge is 2.41. The fourth-order valence-electron chi connectivity index (χ4n) is 2.77. The van der Waals surface area contributed by atoms with E-state index in [1.165, 1.54) is 0 Å². The zero-order chi connectivity index (χ0) is 14.0. The molecular weight excluding hydrogens is 244 g/mol. The van der Waals surface area contributed by atoms with Gasteiger partial charge in [-0.2, -0.15) is 10.4 Å². The van der Waals surface area contributed by atoms with Crippen LogP contribution in [-0.2, 0) is 11.8 Å². The predicted octanol–water partition coefficient (Wildman–Crippen LogP) is 1.66. The third kappa shape index (κ3) is 2.28. The summed E-state index contributed by atoms with van der Waals surface area (Å²) < 4.78 is 1.60. The number of carboxylic acids is 1. The molecule has 1 fully saturated rings. The fraction of sp³-hybridized carbons (Fsp3) is 0.615. The first kappa shape index (κ1) is 13.4. The number of hydrogen-bond acceptors (Lipinski definition) is 4. The Balaban J connectivity index is 2.19. The van der Waals surface area contributed by atoms with Crippen molar-refractivity contribution in [2.24, 2.45) is 12.5 Å². The quantitative estimate of drug-likeness (QED) is 0.861. The van der Waals surface area contributed by atoms with Gasteiger partial charge in [-0.3, -0.25) is 9.48 Å². The van der Waals surface area contributed by atoms with Crippen molar-refractivity contribution in [1.29, 1.82) is 5.26 Å². The fourth-order valence-corrected chi connectivity index (χ4v) is 2.77. The predicted molar refractivity (Wildman–Crippen MR) is 69.7 cm³/mol. The van der Waals surface area contributed by atoms with Crippen LogP contribution in [0.3, 0.4) is 0 Å². The summed E-state index contributed by atoms with van der Waals surface area (Å²) in [7, 11) is 1.75. The van der Waals surface area contributed by atoms with Crippen molar-refractivity contribution in [2.45, 2.75) is 32.6 Å². The number of anilines is 1. The first-order chi connectivity index (χ1) is 9.00. The molecule has 0 atom stereocenters. The van der Waals surface area contributed by atoms with Crippen LogP contribution in [0, 0.1) is 23.7 Å². The Bertz CT molecular complexity index is 536. The zero-order valence-electron chi connectivity index (χ0n) is 11.2. The van der Waals surface area contributed by atoms with E-state index in [-0.39, 0.29) is 0 Å². The molecule has 1 aromatic rings. The Kier molecular flexibility index (Phi) is 3.47. The minimum absolute atomic E-state index is 0.343. The van der Waals surface area contributed by atoms with Crippen molar-refractivity contribution >= 4 is 11.8 Å². The molecule has 102 valence electrons. The molecule has 1 saturated carbocycles. The van der Waals surface area contributed by atoms with E-state index >= 15 is 0 Å². The average molecular weight is 262 g/mol. The summed E-state index contributed by atoms with van der Waals surface area (Å²) in [5.74, 6) is -0.151. The van der Waals surface area contributed by atoms with Crippen LogP contribution in [0.25, 0.3) is 0 Å². The Morgan fingerprint density at radius 2 is 2.21 bits per heavy atom. The highest BCUT2D eigenvalue weighted by Crippen LogP contribution is 2.38. The number of aromatic nitrogens is 2. The molecular formula is C13H18N4O2. The molecule has 1 aliphatic rings. The summed E-state index contributed by atoms with van der Waals surface area (Å²) in [6.45, 7) is 2.11. The molecule has 0 unspecified atom stereocenters. The van der Waals surface area contributed by atoms with E-state index < -0.39 is 11.4 Å². The standard InChI is InChI=1S/C13H18N4O2/c1-9-10(7-14)11(17(2)16-9)15-8-13(12(18)19)5-3-4-6-13/h15H,3-6,8H2,1-2H3,(H,18,19). The summed E-state index contributed by atoms with van der Waals surface area (Å²) >= 11 is 0. The van der Waals surface area contributed by atoms with Crippen LogP contribution in [0.1, 0.15) is 36.9 Å². The lowest BCUT2D eigenvalue weighted by atomic mass is 9.86. The molecule has 0 radical (unpaired) electrons. The molecule has 6 heteroatoms. The number of nitrogens with one attached hydrogen (secondary N) is 1. The van der Waals surface area contributed by atoms with Crippen molar-refractivity contribution in [3.63, 3.8) is 0 Å². The maximum Gasteiger partial charge on any atom is 0.311 e. The number of aryl methyl sites for hydroxylation is 2.